The van der Waals surface area contributed by atoms with Crippen molar-refractivity contribution in [1.82, 2.24) is 10.2 Å². The number of hydrogen-bond donors (Lipinski definition) is 2. The summed E-state index contributed by atoms with van der Waals surface area (Å²) in [7, 11) is 1.67. The van der Waals surface area contributed by atoms with Crippen molar-refractivity contribution >= 4 is 17.3 Å². The molecule has 2 N–H and O–H groups in total. The van der Waals surface area contributed by atoms with Gasteiger partial charge < -0.3 is 15.4 Å². The van der Waals surface area contributed by atoms with Crippen LogP contribution in [0, 0.1) is 10.1 Å². The number of benzene rings is 2. The average molecular weight is 384 g/mol. The van der Waals surface area contributed by atoms with Crippen molar-refractivity contribution in [3.63, 3.8) is 0 Å². The lowest BCUT2D eigenvalue weighted by atomic mass is 10.1. The summed E-state index contributed by atoms with van der Waals surface area (Å²) in [6, 6.07) is 14.4. The minimum atomic E-state index is -0.512. The maximum atomic E-state index is 12.6. The number of amides is 1. The Bertz CT molecular complexity index is 828. The first-order valence-corrected chi connectivity index (χ1v) is 9.19. The van der Waals surface area contributed by atoms with Crippen molar-refractivity contribution in [3.8, 4) is 0 Å². The van der Waals surface area contributed by atoms with E-state index in [9.17, 15) is 14.9 Å². The Balaban J connectivity index is 1.58. The van der Waals surface area contributed by atoms with E-state index in [1.165, 1.54) is 23.8 Å². The highest BCUT2D eigenvalue weighted by molar-refractivity contribution is 6.00. The van der Waals surface area contributed by atoms with Gasteiger partial charge in [0.05, 0.1) is 23.2 Å². The number of nitrogens with zero attached hydrogens (tertiary/aromatic N) is 2. The second kappa shape index (κ2) is 9.29. The molecule has 8 nitrogen and oxygen atoms in total. The molecule has 3 rings (SSSR count). The molecule has 1 fully saturated rings. The van der Waals surface area contributed by atoms with E-state index < -0.39 is 4.92 Å². The van der Waals surface area contributed by atoms with E-state index in [1.54, 1.807) is 7.05 Å². The lowest BCUT2D eigenvalue weighted by Gasteiger charge is -2.33. The number of morpholine rings is 1. The highest BCUT2D eigenvalue weighted by Gasteiger charge is 2.22. The number of nitro benzene ring substituents is 1. The molecule has 1 aliphatic heterocycles. The van der Waals surface area contributed by atoms with E-state index >= 15 is 0 Å². The van der Waals surface area contributed by atoms with Crippen molar-refractivity contribution in [1.29, 1.82) is 0 Å². The van der Waals surface area contributed by atoms with Gasteiger partial charge in [0.1, 0.15) is 0 Å². The first kappa shape index (κ1) is 19.8. The normalized spacial score (nSPS) is 17.1. The SMILES string of the molecule is CNc1ccc([N+](=O)[O-])cc1C(=O)NCC1CN(Cc2ccccc2)CCO1. The van der Waals surface area contributed by atoms with Gasteiger partial charge in [0.25, 0.3) is 11.6 Å². The molecule has 8 heteroatoms. The Labute approximate surface area is 163 Å². The van der Waals surface area contributed by atoms with Crippen LogP contribution in [0.2, 0.25) is 0 Å². The number of carbonyl (C=O) groups is 1. The number of carbonyl (C=O) groups excluding carboxylic acids is 1. The standard InChI is InChI=1S/C20H24N4O4/c1-21-19-8-7-16(24(26)27)11-18(19)20(25)22-12-17-14-23(9-10-28-17)13-15-5-3-2-4-6-15/h2-8,11,17,21H,9-10,12-14H2,1H3,(H,22,25). The number of nitro groups is 1. The molecule has 1 saturated heterocycles. The topological polar surface area (TPSA) is 96.7 Å². The molecule has 1 amide bonds. The lowest BCUT2D eigenvalue weighted by molar-refractivity contribution is -0.384. The van der Waals surface area contributed by atoms with Crippen LogP contribution in [0.5, 0.6) is 0 Å². The summed E-state index contributed by atoms with van der Waals surface area (Å²) >= 11 is 0. The van der Waals surface area contributed by atoms with E-state index in [0.717, 1.165) is 13.1 Å². The van der Waals surface area contributed by atoms with Crippen LogP contribution in [-0.4, -0.2) is 55.1 Å². The predicted octanol–water partition coefficient (Wildman–Crippen LogP) is 2.27. The van der Waals surface area contributed by atoms with Gasteiger partial charge in [0.15, 0.2) is 0 Å². The van der Waals surface area contributed by atoms with Crippen molar-refractivity contribution in [2.75, 3.05) is 38.6 Å². The van der Waals surface area contributed by atoms with Gasteiger partial charge in [0, 0.05) is 51.0 Å². The number of anilines is 1. The highest BCUT2D eigenvalue weighted by Crippen LogP contribution is 2.22. The number of ether oxygens (including phenoxy) is 1. The fourth-order valence-electron chi connectivity index (χ4n) is 3.24. The molecule has 148 valence electrons. The third kappa shape index (κ3) is 5.05. The van der Waals surface area contributed by atoms with Crippen LogP contribution in [-0.2, 0) is 11.3 Å². The summed E-state index contributed by atoms with van der Waals surface area (Å²) in [6.07, 6.45) is -0.127. The Kier molecular flexibility index (Phi) is 6.57. The third-order valence-electron chi connectivity index (χ3n) is 4.69. The van der Waals surface area contributed by atoms with Crippen molar-refractivity contribution in [2.24, 2.45) is 0 Å². The number of rotatable bonds is 7. The molecule has 0 aliphatic carbocycles. The van der Waals surface area contributed by atoms with Gasteiger partial charge in [-0.3, -0.25) is 19.8 Å². The molecule has 0 bridgehead atoms. The second-order valence-corrected chi connectivity index (χ2v) is 6.66. The Morgan fingerprint density at radius 2 is 2.07 bits per heavy atom. The van der Waals surface area contributed by atoms with Crippen molar-refractivity contribution in [3.05, 3.63) is 69.8 Å². The number of hydrogen-bond acceptors (Lipinski definition) is 6. The zero-order chi connectivity index (χ0) is 19.9. The van der Waals surface area contributed by atoms with Crippen LogP contribution in [0.3, 0.4) is 0 Å². The molecule has 28 heavy (non-hydrogen) atoms. The van der Waals surface area contributed by atoms with E-state index in [2.05, 4.69) is 27.7 Å². The van der Waals surface area contributed by atoms with E-state index in [0.29, 0.717) is 25.4 Å². The molecule has 1 unspecified atom stereocenters. The van der Waals surface area contributed by atoms with E-state index in [-0.39, 0.29) is 23.3 Å². The van der Waals surface area contributed by atoms with Crippen molar-refractivity contribution < 1.29 is 14.5 Å². The molecule has 0 saturated carbocycles. The largest absolute Gasteiger partial charge is 0.387 e. The van der Waals surface area contributed by atoms with Gasteiger partial charge >= 0.3 is 0 Å². The molecule has 0 radical (unpaired) electrons. The maximum absolute atomic E-state index is 12.6. The molecule has 0 aromatic heterocycles. The van der Waals surface area contributed by atoms with Crippen LogP contribution < -0.4 is 10.6 Å². The molecule has 1 aliphatic rings. The van der Waals surface area contributed by atoms with Gasteiger partial charge in [-0.25, -0.2) is 0 Å². The van der Waals surface area contributed by atoms with Gasteiger partial charge in [0.2, 0.25) is 0 Å². The lowest BCUT2D eigenvalue weighted by Crippen LogP contribution is -2.47. The summed E-state index contributed by atoms with van der Waals surface area (Å²) in [6.45, 7) is 3.34. The maximum Gasteiger partial charge on any atom is 0.270 e. The predicted molar refractivity (Wildman–Crippen MR) is 106 cm³/mol. The van der Waals surface area contributed by atoms with Gasteiger partial charge in [-0.2, -0.15) is 0 Å². The Morgan fingerprint density at radius 1 is 1.29 bits per heavy atom. The fourth-order valence-corrected chi connectivity index (χ4v) is 3.24. The zero-order valence-electron chi connectivity index (χ0n) is 15.8. The third-order valence-corrected chi connectivity index (χ3v) is 4.69. The summed E-state index contributed by atoms with van der Waals surface area (Å²) in [5.41, 5.74) is 1.90. The van der Waals surface area contributed by atoms with Crippen LogP contribution in [0.4, 0.5) is 11.4 Å². The fraction of sp³-hybridized carbons (Fsp3) is 0.350. The zero-order valence-corrected chi connectivity index (χ0v) is 15.8. The smallest absolute Gasteiger partial charge is 0.270 e. The van der Waals surface area contributed by atoms with Crippen LogP contribution in [0.15, 0.2) is 48.5 Å². The minimum absolute atomic E-state index is 0.118. The van der Waals surface area contributed by atoms with Crippen LogP contribution in [0.25, 0.3) is 0 Å². The average Bonchev–Trinajstić information content (AvgIpc) is 2.72. The monoisotopic (exact) mass is 384 g/mol. The van der Waals surface area contributed by atoms with Crippen molar-refractivity contribution in [2.45, 2.75) is 12.6 Å². The first-order chi connectivity index (χ1) is 13.6. The number of nitrogens with one attached hydrogen (secondary N) is 2. The molecule has 2 aromatic rings. The highest BCUT2D eigenvalue weighted by atomic mass is 16.6. The second-order valence-electron chi connectivity index (χ2n) is 6.66. The van der Waals surface area contributed by atoms with Gasteiger partial charge in [-0.05, 0) is 11.6 Å². The quantitative estimate of drug-likeness (QED) is 0.561. The van der Waals surface area contributed by atoms with Gasteiger partial charge in [-0.15, -0.1) is 0 Å². The molecular formula is C20H24N4O4. The van der Waals surface area contributed by atoms with Crippen LogP contribution in [0.1, 0.15) is 15.9 Å². The molecule has 1 heterocycles. The summed E-state index contributed by atoms with van der Waals surface area (Å²) in [5, 5.41) is 16.7. The first-order valence-electron chi connectivity index (χ1n) is 9.19. The molecule has 2 aromatic carbocycles. The van der Waals surface area contributed by atoms with E-state index in [4.69, 9.17) is 4.74 Å². The molecule has 0 spiro atoms. The Hall–Kier alpha value is -2.97. The minimum Gasteiger partial charge on any atom is -0.387 e. The Morgan fingerprint density at radius 3 is 2.79 bits per heavy atom. The molecular weight excluding hydrogens is 360 g/mol. The molecule has 1 atom stereocenters. The summed E-state index contributed by atoms with van der Waals surface area (Å²) in [4.78, 5) is 25.3. The van der Waals surface area contributed by atoms with E-state index in [1.807, 2.05) is 18.2 Å². The van der Waals surface area contributed by atoms with Gasteiger partial charge in [-0.1, -0.05) is 30.3 Å². The summed E-state index contributed by atoms with van der Waals surface area (Å²) < 4.78 is 5.77. The number of non-ortho nitro benzene ring substituents is 1. The van der Waals surface area contributed by atoms with Crippen LogP contribution >= 0.6 is 0 Å². The summed E-state index contributed by atoms with van der Waals surface area (Å²) in [5.74, 6) is -0.364.